The van der Waals surface area contributed by atoms with Crippen molar-refractivity contribution in [1.82, 2.24) is 4.90 Å². The fraction of sp³-hybridized carbons (Fsp3) is 0.435. The molecule has 1 saturated heterocycles. The average Bonchev–Trinajstić information content (AvgIpc) is 2.69. The van der Waals surface area contributed by atoms with Crippen LogP contribution in [0, 0.1) is 0 Å². The van der Waals surface area contributed by atoms with Crippen LogP contribution in [0.1, 0.15) is 37.3 Å². The van der Waals surface area contributed by atoms with Gasteiger partial charge in [-0.2, -0.15) is 0 Å². The molecule has 0 atom stereocenters. The summed E-state index contributed by atoms with van der Waals surface area (Å²) in [5, 5.41) is 2.97. The van der Waals surface area contributed by atoms with Gasteiger partial charge in [0.1, 0.15) is 5.75 Å². The molecule has 3 rings (SSSR count). The van der Waals surface area contributed by atoms with Gasteiger partial charge in [-0.3, -0.25) is 9.69 Å². The molecule has 0 unspecified atom stereocenters. The Kier molecular flexibility index (Phi) is 7.46. The number of hydrogen-bond acceptors (Lipinski definition) is 4. The number of hydrogen-bond donors (Lipinski definition) is 1. The van der Waals surface area contributed by atoms with Crippen LogP contribution in [0.2, 0.25) is 0 Å². The Bertz CT molecular complexity index is 753. The third kappa shape index (κ3) is 6.36. The molecule has 0 bridgehead atoms. The van der Waals surface area contributed by atoms with Crippen LogP contribution >= 0.6 is 0 Å². The zero-order chi connectivity index (χ0) is 19.8. The number of anilines is 1. The molecule has 0 aliphatic carbocycles. The fourth-order valence-corrected chi connectivity index (χ4v) is 3.20. The lowest BCUT2D eigenvalue weighted by molar-refractivity contribution is -0.116. The molecule has 5 heteroatoms. The normalized spacial score (nSPS) is 14.8. The lowest BCUT2D eigenvalue weighted by Gasteiger charge is -2.26. The molecular formula is C23H30N2O3. The number of amides is 1. The summed E-state index contributed by atoms with van der Waals surface area (Å²) >= 11 is 0. The van der Waals surface area contributed by atoms with Crippen LogP contribution in [0.15, 0.2) is 48.5 Å². The Hall–Kier alpha value is -2.37. The first-order valence-corrected chi connectivity index (χ1v) is 10.0. The number of nitrogens with zero attached hydrogens (tertiary/aromatic N) is 1. The molecule has 150 valence electrons. The Labute approximate surface area is 167 Å². The Morgan fingerprint density at radius 2 is 1.89 bits per heavy atom. The molecule has 5 nitrogen and oxygen atoms in total. The van der Waals surface area contributed by atoms with E-state index in [4.69, 9.17) is 9.47 Å². The van der Waals surface area contributed by atoms with Crippen molar-refractivity contribution in [3.8, 4) is 5.75 Å². The van der Waals surface area contributed by atoms with E-state index in [0.29, 0.717) is 18.9 Å². The lowest BCUT2D eigenvalue weighted by Crippen LogP contribution is -2.35. The number of benzene rings is 2. The summed E-state index contributed by atoms with van der Waals surface area (Å²) in [5.74, 6) is 1.26. The third-order valence-corrected chi connectivity index (χ3v) is 4.87. The first-order valence-electron chi connectivity index (χ1n) is 10.0. The molecule has 0 spiro atoms. The molecule has 28 heavy (non-hydrogen) atoms. The van der Waals surface area contributed by atoms with E-state index >= 15 is 0 Å². The van der Waals surface area contributed by atoms with Gasteiger partial charge in [-0.25, -0.2) is 0 Å². The fourth-order valence-electron chi connectivity index (χ4n) is 3.20. The van der Waals surface area contributed by atoms with Crippen LogP contribution in [0.3, 0.4) is 0 Å². The molecule has 1 aliphatic rings. The summed E-state index contributed by atoms with van der Waals surface area (Å²) in [5.41, 5.74) is 3.31. The Morgan fingerprint density at radius 3 is 2.61 bits per heavy atom. The Morgan fingerprint density at radius 1 is 1.14 bits per heavy atom. The number of ether oxygens (including phenoxy) is 2. The summed E-state index contributed by atoms with van der Waals surface area (Å²) < 4.78 is 11.1. The topological polar surface area (TPSA) is 50.8 Å². The van der Waals surface area contributed by atoms with Crippen LogP contribution < -0.4 is 10.1 Å². The predicted octanol–water partition coefficient (Wildman–Crippen LogP) is 4.05. The first kappa shape index (κ1) is 20.4. The van der Waals surface area contributed by atoms with E-state index in [2.05, 4.69) is 42.3 Å². The number of rotatable bonds is 8. The molecule has 0 radical (unpaired) electrons. The quantitative estimate of drug-likeness (QED) is 0.748. The van der Waals surface area contributed by atoms with Crippen molar-refractivity contribution in [2.45, 2.75) is 32.7 Å². The van der Waals surface area contributed by atoms with Gasteiger partial charge in [-0.05, 0) is 41.3 Å². The lowest BCUT2D eigenvalue weighted by atomic mass is 10.0. The van der Waals surface area contributed by atoms with Crippen molar-refractivity contribution >= 4 is 11.6 Å². The van der Waals surface area contributed by atoms with Crippen molar-refractivity contribution in [2.75, 3.05) is 38.2 Å². The van der Waals surface area contributed by atoms with Gasteiger partial charge in [-0.1, -0.05) is 38.1 Å². The molecule has 1 aliphatic heterocycles. The van der Waals surface area contributed by atoms with Gasteiger partial charge in [0.2, 0.25) is 5.91 Å². The van der Waals surface area contributed by atoms with Gasteiger partial charge >= 0.3 is 0 Å². The van der Waals surface area contributed by atoms with E-state index in [0.717, 1.165) is 44.3 Å². The highest BCUT2D eigenvalue weighted by molar-refractivity contribution is 5.90. The van der Waals surface area contributed by atoms with Crippen LogP contribution in [0.4, 0.5) is 5.69 Å². The van der Waals surface area contributed by atoms with Crippen LogP contribution in [0.5, 0.6) is 5.75 Å². The third-order valence-electron chi connectivity index (χ3n) is 4.87. The summed E-state index contributed by atoms with van der Waals surface area (Å²) in [6.45, 7) is 9.04. The Balaban J connectivity index is 1.43. The van der Waals surface area contributed by atoms with Gasteiger partial charge < -0.3 is 14.8 Å². The maximum absolute atomic E-state index is 12.2. The number of morpholine rings is 1. The van der Waals surface area contributed by atoms with E-state index in [-0.39, 0.29) is 5.91 Å². The minimum Gasteiger partial charge on any atom is -0.493 e. The van der Waals surface area contributed by atoms with E-state index in [9.17, 15) is 4.79 Å². The molecule has 1 N–H and O–H groups in total. The second-order valence-corrected chi connectivity index (χ2v) is 7.46. The van der Waals surface area contributed by atoms with Crippen molar-refractivity contribution in [1.29, 1.82) is 0 Å². The van der Waals surface area contributed by atoms with E-state index in [1.165, 1.54) is 11.1 Å². The highest BCUT2D eigenvalue weighted by Crippen LogP contribution is 2.19. The number of carbonyl (C=O) groups is 1. The molecule has 1 heterocycles. The SMILES string of the molecule is CC(C)c1ccc(OCCC(=O)Nc2cccc(CN3CCOCC3)c2)cc1. The molecule has 0 aromatic heterocycles. The van der Waals surface area contributed by atoms with E-state index in [1.54, 1.807) is 0 Å². The maximum atomic E-state index is 12.2. The zero-order valence-corrected chi connectivity index (χ0v) is 16.8. The van der Waals surface area contributed by atoms with Crippen molar-refractivity contribution in [2.24, 2.45) is 0 Å². The summed E-state index contributed by atoms with van der Waals surface area (Å²) in [7, 11) is 0. The van der Waals surface area contributed by atoms with Gasteiger partial charge in [0.25, 0.3) is 0 Å². The van der Waals surface area contributed by atoms with Crippen molar-refractivity contribution in [3.05, 3.63) is 59.7 Å². The van der Waals surface area contributed by atoms with Gasteiger partial charge in [0.05, 0.1) is 26.2 Å². The second-order valence-electron chi connectivity index (χ2n) is 7.46. The smallest absolute Gasteiger partial charge is 0.227 e. The number of nitrogens with one attached hydrogen (secondary N) is 1. The molecule has 1 fully saturated rings. The number of carbonyl (C=O) groups excluding carboxylic acids is 1. The highest BCUT2D eigenvalue weighted by atomic mass is 16.5. The highest BCUT2D eigenvalue weighted by Gasteiger charge is 2.11. The minimum absolute atomic E-state index is 0.0395. The summed E-state index contributed by atoms with van der Waals surface area (Å²) in [4.78, 5) is 14.6. The van der Waals surface area contributed by atoms with E-state index in [1.807, 2.05) is 30.3 Å². The molecule has 1 amide bonds. The van der Waals surface area contributed by atoms with Gasteiger partial charge in [0.15, 0.2) is 0 Å². The zero-order valence-electron chi connectivity index (χ0n) is 16.8. The summed E-state index contributed by atoms with van der Waals surface area (Å²) in [6, 6.07) is 16.1. The second kappa shape index (κ2) is 10.2. The molecule has 2 aromatic rings. The van der Waals surface area contributed by atoms with Crippen molar-refractivity contribution < 1.29 is 14.3 Å². The standard InChI is InChI=1S/C23H30N2O3/c1-18(2)20-6-8-22(9-7-20)28-13-10-23(26)24-21-5-3-4-19(16-21)17-25-11-14-27-15-12-25/h3-9,16,18H,10-15,17H2,1-2H3,(H,24,26). The average molecular weight is 383 g/mol. The summed E-state index contributed by atoms with van der Waals surface area (Å²) in [6.07, 6.45) is 0.319. The van der Waals surface area contributed by atoms with E-state index < -0.39 is 0 Å². The molecule has 0 saturated carbocycles. The predicted molar refractivity (Wildman–Crippen MR) is 112 cm³/mol. The largest absolute Gasteiger partial charge is 0.493 e. The molecular weight excluding hydrogens is 352 g/mol. The minimum atomic E-state index is -0.0395. The maximum Gasteiger partial charge on any atom is 0.227 e. The van der Waals surface area contributed by atoms with Crippen molar-refractivity contribution in [3.63, 3.8) is 0 Å². The van der Waals surface area contributed by atoms with Crippen LogP contribution in [-0.4, -0.2) is 43.7 Å². The monoisotopic (exact) mass is 382 g/mol. The molecule has 2 aromatic carbocycles. The first-order chi connectivity index (χ1) is 13.6. The van der Waals surface area contributed by atoms with Gasteiger partial charge in [-0.15, -0.1) is 0 Å². The van der Waals surface area contributed by atoms with Gasteiger partial charge in [0, 0.05) is 25.3 Å². The van der Waals surface area contributed by atoms with Crippen LogP contribution in [0.25, 0.3) is 0 Å². The van der Waals surface area contributed by atoms with Crippen LogP contribution in [-0.2, 0) is 16.1 Å².